The summed E-state index contributed by atoms with van der Waals surface area (Å²) in [5.41, 5.74) is 13.7. The number of benzene rings is 7. The molecule has 0 N–H and O–H groups in total. The van der Waals surface area contributed by atoms with Crippen LogP contribution in [0.15, 0.2) is 152 Å². The standard InChI is InChI=1S/C66H61BN4O3.Pt/c1-63(2,3)43-25-26-68-61(37-43)71-55-24-21-41(42-30-59-62-60(31-42)74-58-20-16-14-18-54(58)67(62)53-17-13-15-19-57(53)73-59)29-52(55)51-23-22-49(39-56(51)71)72-50-36-46(66(10,11)12)35-48(38-50)70-28-27-69(40-70)47-33-44(64(4,5)6)32-45(34-47)65(7,8)9;/h13-37H,1-12H3;/q-2;. The van der Waals surface area contributed by atoms with E-state index >= 15 is 0 Å². The van der Waals surface area contributed by atoms with Crippen molar-refractivity contribution < 1.29 is 39.8 Å². The number of ether oxygens (including phenoxy) is 3. The van der Waals surface area contributed by atoms with Crippen LogP contribution in [0.25, 0.3) is 50.1 Å². The summed E-state index contributed by atoms with van der Waals surface area (Å²) < 4.78 is 26.6. The fraction of sp³-hybridized carbons (Fsp3) is 0.242. The smallest absolute Gasteiger partial charge is 0.267 e. The number of pyridine rings is 1. The van der Waals surface area contributed by atoms with E-state index in [0.717, 1.165) is 95.1 Å². The normalized spacial score (nSPS) is 13.1. The molecule has 378 valence electrons. The van der Waals surface area contributed by atoms with E-state index in [9.17, 15) is 0 Å². The van der Waals surface area contributed by atoms with Crippen LogP contribution in [0.3, 0.4) is 0 Å². The van der Waals surface area contributed by atoms with Gasteiger partial charge in [-0.25, -0.2) is 4.98 Å². The molecule has 0 fully saturated rings. The first-order valence-electron chi connectivity index (χ1n) is 25.8. The molecule has 0 saturated heterocycles. The van der Waals surface area contributed by atoms with Crippen molar-refractivity contribution in [2.45, 2.75) is 105 Å². The summed E-state index contributed by atoms with van der Waals surface area (Å²) in [6.07, 6.45) is 9.64. The summed E-state index contributed by atoms with van der Waals surface area (Å²) in [5.74, 6) is 5.31. The van der Waals surface area contributed by atoms with Gasteiger partial charge in [-0.3, -0.25) is 4.57 Å². The quantitative estimate of drug-likeness (QED) is 0.0946. The van der Waals surface area contributed by atoms with Gasteiger partial charge in [0, 0.05) is 62.1 Å². The van der Waals surface area contributed by atoms with Crippen LogP contribution in [0.2, 0.25) is 0 Å². The third-order valence-electron chi connectivity index (χ3n) is 14.8. The predicted molar refractivity (Wildman–Crippen MR) is 300 cm³/mol. The van der Waals surface area contributed by atoms with Crippen LogP contribution < -0.4 is 35.2 Å². The molecule has 0 unspecified atom stereocenters. The average molecular weight is 1160 g/mol. The zero-order valence-corrected chi connectivity index (χ0v) is 47.1. The van der Waals surface area contributed by atoms with Crippen molar-refractivity contribution in [3.8, 4) is 62.8 Å². The molecule has 0 radical (unpaired) electrons. The molecule has 0 atom stereocenters. The van der Waals surface area contributed by atoms with Gasteiger partial charge in [-0.2, -0.15) is 17.7 Å². The summed E-state index contributed by atoms with van der Waals surface area (Å²) in [5, 5.41) is 2.09. The summed E-state index contributed by atoms with van der Waals surface area (Å²) in [6.45, 7) is 27.0. The van der Waals surface area contributed by atoms with Gasteiger partial charge in [0.2, 0.25) is 0 Å². The molecule has 7 nitrogen and oxygen atoms in total. The summed E-state index contributed by atoms with van der Waals surface area (Å²) in [7, 11) is 0. The molecule has 0 spiro atoms. The van der Waals surface area contributed by atoms with Crippen LogP contribution >= 0.6 is 0 Å². The van der Waals surface area contributed by atoms with Crippen LogP contribution in [0, 0.1) is 18.5 Å². The van der Waals surface area contributed by atoms with Gasteiger partial charge in [0.05, 0.1) is 5.69 Å². The molecule has 3 aromatic heterocycles. The second-order valence-corrected chi connectivity index (χ2v) is 24.3. The fourth-order valence-electron chi connectivity index (χ4n) is 10.4. The van der Waals surface area contributed by atoms with Crippen molar-refractivity contribution in [3.05, 3.63) is 193 Å². The largest absolute Gasteiger partial charge is 0.510 e. The molecular weight excluding hydrogens is 1100 g/mol. The molecule has 0 amide bonds. The van der Waals surface area contributed by atoms with Crippen molar-refractivity contribution in [1.82, 2.24) is 14.1 Å². The number of aromatic nitrogens is 4. The molecule has 9 heteroatoms. The Labute approximate surface area is 456 Å². The maximum atomic E-state index is 6.88. The van der Waals surface area contributed by atoms with E-state index in [1.54, 1.807) is 0 Å². The molecule has 0 saturated carbocycles. The molecule has 5 heterocycles. The van der Waals surface area contributed by atoms with Gasteiger partial charge < -0.3 is 23.3 Å². The Morgan fingerprint density at radius 2 is 1.16 bits per heavy atom. The first-order chi connectivity index (χ1) is 35.1. The third-order valence-corrected chi connectivity index (χ3v) is 14.8. The second-order valence-electron chi connectivity index (χ2n) is 24.3. The van der Waals surface area contributed by atoms with Crippen LogP contribution in [0.4, 0.5) is 0 Å². The number of imidazole rings is 1. The van der Waals surface area contributed by atoms with E-state index in [4.69, 9.17) is 19.2 Å². The van der Waals surface area contributed by atoms with E-state index < -0.39 is 0 Å². The predicted octanol–water partition coefficient (Wildman–Crippen LogP) is 14.0. The van der Waals surface area contributed by atoms with Gasteiger partial charge in [0.1, 0.15) is 28.8 Å². The molecule has 0 aliphatic carbocycles. The second kappa shape index (κ2) is 18.0. The third kappa shape index (κ3) is 9.09. The molecule has 2 aliphatic heterocycles. The van der Waals surface area contributed by atoms with E-state index in [2.05, 4.69) is 232 Å². The van der Waals surface area contributed by atoms with Crippen LogP contribution in [-0.2, 0) is 42.7 Å². The number of nitrogens with zero attached hydrogens (tertiary/aromatic N) is 4. The van der Waals surface area contributed by atoms with Crippen molar-refractivity contribution in [2.24, 2.45) is 0 Å². The Kier molecular flexibility index (Phi) is 12.0. The fourth-order valence-corrected chi connectivity index (χ4v) is 10.4. The van der Waals surface area contributed by atoms with Crippen LogP contribution in [-0.4, -0.2) is 20.8 Å². The van der Waals surface area contributed by atoms with Gasteiger partial charge in [-0.15, -0.1) is 29.7 Å². The van der Waals surface area contributed by atoms with Gasteiger partial charge in [-0.1, -0.05) is 143 Å². The molecule has 2 aliphatic rings. The first kappa shape index (κ1) is 50.0. The zero-order valence-electron chi connectivity index (χ0n) is 44.8. The van der Waals surface area contributed by atoms with E-state index in [-0.39, 0.29) is 49.4 Å². The van der Waals surface area contributed by atoms with Gasteiger partial charge in [0.25, 0.3) is 13.0 Å². The Balaban J connectivity index is 0.00000602. The van der Waals surface area contributed by atoms with Crippen LogP contribution in [0.5, 0.6) is 34.5 Å². The molecule has 0 bridgehead atoms. The van der Waals surface area contributed by atoms with Crippen molar-refractivity contribution in [1.29, 1.82) is 0 Å². The number of fused-ring (bicyclic) bond motifs is 7. The van der Waals surface area contributed by atoms with Crippen molar-refractivity contribution in [2.75, 3.05) is 0 Å². The number of rotatable bonds is 6. The van der Waals surface area contributed by atoms with Crippen LogP contribution in [0.1, 0.15) is 105 Å². The van der Waals surface area contributed by atoms with Crippen molar-refractivity contribution in [3.63, 3.8) is 0 Å². The van der Waals surface area contributed by atoms with E-state index in [0.29, 0.717) is 11.5 Å². The van der Waals surface area contributed by atoms with Gasteiger partial charge in [0.15, 0.2) is 0 Å². The minimum Gasteiger partial charge on any atom is -0.510 e. The first-order valence-corrected chi connectivity index (χ1v) is 25.8. The average Bonchev–Trinajstić information content (AvgIpc) is 3.99. The van der Waals surface area contributed by atoms with Gasteiger partial charge >= 0.3 is 0 Å². The summed E-state index contributed by atoms with van der Waals surface area (Å²) in [4.78, 5) is 5.01. The molecule has 75 heavy (non-hydrogen) atoms. The summed E-state index contributed by atoms with van der Waals surface area (Å²) >= 11 is 0. The topological polar surface area (TPSA) is 54.3 Å². The zero-order chi connectivity index (χ0) is 51.6. The number of hydrogen-bond donors (Lipinski definition) is 0. The minimum atomic E-state index is -0.181. The molecule has 10 aromatic rings. The summed E-state index contributed by atoms with van der Waals surface area (Å²) in [6, 6.07) is 54.7. The SMILES string of the molecule is CC(C)(C)c1cc(Oc2[c-]c3c(cc2)c2cc(-c4cc5c6c(c4)Oc4ccccc4B6c4ccccc4O5)ccc2n3-c2cc(C(C)(C)C)ccn2)[c-]c(-n2[c-][n+](-c3cc(C(C)(C)C)cc(C(C)(C)C)c3)cc2)c1.[Pt]. The minimum absolute atomic E-state index is 0. The molecular formula is C66H61BN4O3Pt-2. The maximum absolute atomic E-state index is 6.88. The monoisotopic (exact) mass is 1160 g/mol. The maximum Gasteiger partial charge on any atom is 0.267 e. The van der Waals surface area contributed by atoms with Crippen molar-refractivity contribution >= 4 is 44.9 Å². The number of para-hydroxylation sites is 2. The Morgan fingerprint density at radius 3 is 1.79 bits per heavy atom. The molecule has 7 aromatic carbocycles. The number of hydrogen-bond acceptors (Lipinski definition) is 4. The Bertz CT molecular complexity index is 3790. The van der Waals surface area contributed by atoms with E-state index in [1.165, 1.54) is 16.7 Å². The Morgan fingerprint density at radius 1 is 0.547 bits per heavy atom. The van der Waals surface area contributed by atoms with Gasteiger partial charge in [-0.05, 0) is 126 Å². The molecule has 12 rings (SSSR count). The van der Waals surface area contributed by atoms with E-state index in [1.807, 2.05) is 35.2 Å². The Hall–Kier alpha value is -7.15.